The fraction of sp³-hybridized carbons (Fsp3) is 0.154. The molecule has 0 aliphatic rings. The van der Waals surface area contributed by atoms with Gasteiger partial charge in [0.2, 0.25) is 0 Å². The van der Waals surface area contributed by atoms with Gasteiger partial charge in [-0.25, -0.2) is 9.79 Å². The number of halogens is 1. The van der Waals surface area contributed by atoms with E-state index < -0.39 is 5.97 Å². The molecule has 0 aliphatic heterocycles. The van der Waals surface area contributed by atoms with Gasteiger partial charge in [-0.1, -0.05) is 17.7 Å². The van der Waals surface area contributed by atoms with Crippen molar-refractivity contribution in [2.45, 2.75) is 6.92 Å². The summed E-state index contributed by atoms with van der Waals surface area (Å²) in [6.45, 7) is 1.80. The van der Waals surface area contributed by atoms with Crippen LogP contribution in [0.25, 0.3) is 0 Å². The zero-order valence-electron chi connectivity index (χ0n) is 10.8. The van der Waals surface area contributed by atoms with E-state index in [1.165, 1.54) is 0 Å². The van der Waals surface area contributed by atoms with Gasteiger partial charge in [-0.2, -0.15) is 5.26 Å². The second kappa shape index (κ2) is 7.81. The number of nitrogens with one attached hydrogen (secondary N) is 1. The molecule has 0 bridgehead atoms. The third-order valence-corrected chi connectivity index (χ3v) is 2.35. The lowest BCUT2D eigenvalue weighted by atomic mass is 10.2. The first-order valence-corrected chi connectivity index (χ1v) is 6.08. The highest BCUT2D eigenvalue weighted by molar-refractivity contribution is 6.30. The zero-order chi connectivity index (χ0) is 15.0. The number of hydrogen-bond donors (Lipinski definition) is 2. The highest BCUT2D eigenvalue weighted by Crippen LogP contribution is 2.18. The van der Waals surface area contributed by atoms with Gasteiger partial charge in [-0.05, 0) is 25.1 Å². The average Bonchev–Trinajstić information content (AvgIpc) is 2.40. The fourth-order valence-electron chi connectivity index (χ4n) is 1.34. The molecular formula is C13H13ClN4O2. The maximum atomic E-state index is 11.7. The minimum atomic E-state index is -0.773. The average molecular weight is 293 g/mol. The van der Waals surface area contributed by atoms with Crippen LogP contribution in [-0.2, 0) is 9.53 Å². The topological polar surface area (TPSA) is 100 Å². The molecule has 0 amide bonds. The van der Waals surface area contributed by atoms with Crippen LogP contribution in [0.5, 0.6) is 0 Å². The zero-order valence-corrected chi connectivity index (χ0v) is 11.5. The summed E-state index contributed by atoms with van der Waals surface area (Å²) >= 11 is 5.86. The molecule has 104 valence electrons. The van der Waals surface area contributed by atoms with E-state index in [-0.39, 0.29) is 18.0 Å². The van der Waals surface area contributed by atoms with Gasteiger partial charge < -0.3 is 15.8 Å². The second-order valence-corrected chi connectivity index (χ2v) is 3.91. The summed E-state index contributed by atoms with van der Waals surface area (Å²) in [4.78, 5) is 15.4. The molecule has 0 heterocycles. The largest absolute Gasteiger partial charge is 0.462 e. The van der Waals surface area contributed by atoms with Gasteiger partial charge in [0.25, 0.3) is 0 Å². The van der Waals surface area contributed by atoms with Gasteiger partial charge in [-0.15, -0.1) is 0 Å². The van der Waals surface area contributed by atoms with Crippen LogP contribution in [0.15, 0.2) is 40.7 Å². The minimum absolute atomic E-state index is 0.00397. The maximum absolute atomic E-state index is 11.7. The summed E-state index contributed by atoms with van der Waals surface area (Å²) in [6, 6.07) is 8.48. The minimum Gasteiger partial charge on any atom is -0.462 e. The summed E-state index contributed by atoms with van der Waals surface area (Å²) in [5.41, 5.74) is 5.52. The first-order valence-electron chi connectivity index (χ1n) is 5.70. The molecule has 0 atom stereocenters. The summed E-state index contributed by atoms with van der Waals surface area (Å²) in [5.74, 6) is -0.777. The number of nitrogens with two attached hydrogens (primary N) is 1. The van der Waals surface area contributed by atoms with Crippen molar-refractivity contribution in [3.63, 3.8) is 0 Å². The van der Waals surface area contributed by atoms with Crippen molar-refractivity contribution in [2.24, 2.45) is 10.7 Å². The Morgan fingerprint density at radius 1 is 1.65 bits per heavy atom. The van der Waals surface area contributed by atoms with Crippen LogP contribution >= 0.6 is 11.6 Å². The smallest absolute Gasteiger partial charge is 0.352 e. The van der Waals surface area contributed by atoms with Gasteiger partial charge >= 0.3 is 5.97 Å². The van der Waals surface area contributed by atoms with E-state index in [0.717, 1.165) is 6.34 Å². The molecule has 0 radical (unpaired) electrons. The first-order chi connectivity index (χ1) is 9.62. The number of ether oxygens (including phenoxy) is 1. The highest BCUT2D eigenvalue weighted by atomic mass is 35.5. The van der Waals surface area contributed by atoms with Gasteiger partial charge in [0.15, 0.2) is 11.4 Å². The predicted octanol–water partition coefficient (Wildman–Crippen LogP) is 2.04. The van der Waals surface area contributed by atoms with Crippen molar-refractivity contribution in [3.05, 3.63) is 40.7 Å². The van der Waals surface area contributed by atoms with Gasteiger partial charge in [0.1, 0.15) is 6.07 Å². The Hall–Kier alpha value is -2.52. The summed E-state index contributed by atoms with van der Waals surface area (Å²) < 4.78 is 4.78. The molecule has 20 heavy (non-hydrogen) atoms. The number of esters is 1. The van der Waals surface area contributed by atoms with E-state index in [1.54, 1.807) is 37.3 Å². The van der Waals surface area contributed by atoms with Crippen LogP contribution in [0, 0.1) is 11.3 Å². The lowest BCUT2D eigenvalue weighted by Gasteiger charge is -2.09. The Kier molecular flexibility index (Phi) is 6.07. The Labute approximate surface area is 121 Å². The fourth-order valence-corrected chi connectivity index (χ4v) is 1.53. The van der Waals surface area contributed by atoms with Crippen molar-refractivity contribution in [1.29, 1.82) is 5.26 Å². The molecular weight excluding hydrogens is 280 g/mol. The summed E-state index contributed by atoms with van der Waals surface area (Å²) in [5, 5.41) is 12.4. The van der Waals surface area contributed by atoms with Crippen molar-refractivity contribution < 1.29 is 9.53 Å². The monoisotopic (exact) mass is 292 g/mol. The number of benzene rings is 1. The molecule has 1 aromatic rings. The number of anilines is 1. The first kappa shape index (κ1) is 15.5. The molecule has 6 nitrogen and oxygen atoms in total. The second-order valence-electron chi connectivity index (χ2n) is 3.47. The van der Waals surface area contributed by atoms with Gasteiger partial charge in [0, 0.05) is 10.7 Å². The number of carbonyl (C=O) groups excluding carboxylic acids is 1. The Morgan fingerprint density at radius 2 is 2.40 bits per heavy atom. The number of nitriles is 1. The lowest BCUT2D eigenvalue weighted by Crippen LogP contribution is -2.13. The van der Waals surface area contributed by atoms with Crippen molar-refractivity contribution in [3.8, 4) is 6.07 Å². The molecule has 0 saturated carbocycles. The van der Waals surface area contributed by atoms with Crippen LogP contribution in [0.1, 0.15) is 6.92 Å². The van der Waals surface area contributed by atoms with Crippen molar-refractivity contribution in [1.82, 2.24) is 0 Å². The Bertz CT molecular complexity index is 590. The van der Waals surface area contributed by atoms with E-state index in [1.807, 2.05) is 0 Å². The van der Waals surface area contributed by atoms with E-state index in [9.17, 15) is 4.79 Å². The number of aliphatic imine (C=N–C) groups is 1. The summed E-state index contributed by atoms with van der Waals surface area (Å²) in [6.07, 6.45) is 0.976. The van der Waals surface area contributed by atoms with Gasteiger partial charge in [-0.3, -0.25) is 0 Å². The number of carbonyl (C=O) groups is 1. The van der Waals surface area contributed by atoms with Gasteiger partial charge in [0.05, 0.1) is 12.9 Å². The van der Waals surface area contributed by atoms with Crippen LogP contribution in [-0.4, -0.2) is 18.9 Å². The third-order valence-electron chi connectivity index (χ3n) is 2.12. The standard InChI is InChI=1S/C13H13ClN4O2/c1-2-20-13(19)11(7-15)12(17-8-16)18-10-5-3-4-9(14)6-10/h3-6,8,18H,2H2,1H3,(H2,16,17)/b12-11+. The Balaban J connectivity index is 3.15. The molecule has 1 aromatic carbocycles. The van der Waals surface area contributed by atoms with E-state index >= 15 is 0 Å². The van der Waals surface area contributed by atoms with Crippen molar-refractivity contribution in [2.75, 3.05) is 11.9 Å². The summed E-state index contributed by atoms with van der Waals surface area (Å²) in [7, 11) is 0. The Morgan fingerprint density at radius 3 is 2.95 bits per heavy atom. The van der Waals surface area contributed by atoms with Crippen LogP contribution in [0.3, 0.4) is 0 Å². The molecule has 7 heteroatoms. The molecule has 1 rings (SSSR count). The van der Waals surface area contributed by atoms with E-state index in [4.69, 9.17) is 27.3 Å². The maximum Gasteiger partial charge on any atom is 0.352 e. The SMILES string of the molecule is CCOC(=O)/C(C#N)=C(\N=C\N)Nc1cccc(Cl)c1. The van der Waals surface area contributed by atoms with Crippen LogP contribution < -0.4 is 11.1 Å². The molecule has 0 fully saturated rings. The lowest BCUT2D eigenvalue weighted by molar-refractivity contribution is -0.138. The number of nitrogens with zero attached hydrogens (tertiary/aromatic N) is 2. The van der Waals surface area contributed by atoms with Crippen LogP contribution in [0.2, 0.25) is 5.02 Å². The molecule has 0 unspecified atom stereocenters. The molecule has 0 aromatic heterocycles. The normalized spacial score (nSPS) is 11.7. The highest BCUT2D eigenvalue weighted by Gasteiger charge is 2.16. The predicted molar refractivity (Wildman–Crippen MR) is 77.0 cm³/mol. The van der Waals surface area contributed by atoms with Crippen molar-refractivity contribution >= 4 is 29.6 Å². The molecule has 0 aliphatic carbocycles. The molecule has 0 spiro atoms. The number of rotatable bonds is 5. The molecule has 0 saturated heterocycles. The quantitative estimate of drug-likeness (QED) is 0.284. The third kappa shape index (κ3) is 4.30. The van der Waals surface area contributed by atoms with E-state index in [0.29, 0.717) is 10.7 Å². The number of hydrogen-bond acceptors (Lipinski definition) is 5. The molecule has 3 N–H and O–H groups in total. The van der Waals surface area contributed by atoms with Crippen LogP contribution in [0.4, 0.5) is 5.69 Å². The van der Waals surface area contributed by atoms with E-state index in [2.05, 4.69) is 10.3 Å².